The highest BCUT2D eigenvalue weighted by Crippen LogP contribution is 2.20. The molecule has 0 unspecified atom stereocenters. The molecule has 0 aliphatic rings. The summed E-state index contributed by atoms with van der Waals surface area (Å²) in [5, 5.41) is 0. The molecule has 1 aromatic rings. The van der Waals surface area contributed by atoms with Crippen molar-refractivity contribution in [2.24, 2.45) is 0 Å². The van der Waals surface area contributed by atoms with Gasteiger partial charge in [-0.2, -0.15) is 0 Å². The van der Waals surface area contributed by atoms with Crippen molar-refractivity contribution in [3.8, 4) is 5.75 Å². The normalized spacial score (nSPS) is 9.77. The maximum Gasteiger partial charge on any atom is 0.120 e. The number of methoxy groups -OCH3 is 1. The summed E-state index contributed by atoms with van der Waals surface area (Å²) in [4.78, 5) is 2.29. The van der Waals surface area contributed by atoms with Crippen molar-refractivity contribution >= 4 is 5.69 Å². The maximum atomic E-state index is 5.17. The average Bonchev–Trinajstić information content (AvgIpc) is 2.20. The van der Waals surface area contributed by atoms with E-state index in [9.17, 15) is 0 Å². The Hall–Kier alpha value is -1.18. The number of anilines is 1. The van der Waals surface area contributed by atoms with Crippen LogP contribution in [-0.4, -0.2) is 20.2 Å². The summed E-state index contributed by atoms with van der Waals surface area (Å²) >= 11 is 0. The fourth-order valence-electron chi connectivity index (χ4n) is 1.40. The largest absolute Gasteiger partial charge is 0.497 e. The standard InChI is InChI=1S/C11H17NO/c1-4-12(5-2)10-7-6-8-11(9-10)13-3/h6-9H,4-5H2,1-3H3. The highest BCUT2D eigenvalue weighted by molar-refractivity contribution is 5.50. The molecule has 0 N–H and O–H groups in total. The van der Waals surface area contributed by atoms with Gasteiger partial charge in [0.15, 0.2) is 0 Å². The molecular formula is C11H17NO. The van der Waals surface area contributed by atoms with E-state index in [1.165, 1.54) is 5.69 Å². The Morgan fingerprint density at radius 2 is 1.92 bits per heavy atom. The van der Waals surface area contributed by atoms with Crippen molar-refractivity contribution in [2.75, 3.05) is 25.1 Å². The predicted octanol–water partition coefficient (Wildman–Crippen LogP) is 2.54. The van der Waals surface area contributed by atoms with Gasteiger partial charge in [-0.1, -0.05) is 6.07 Å². The van der Waals surface area contributed by atoms with Crippen LogP contribution in [0.3, 0.4) is 0 Å². The van der Waals surface area contributed by atoms with Gasteiger partial charge in [-0.05, 0) is 26.0 Å². The Bertz CT molecular complexity index is 256. The number of ether oxygens (including phenoxy) is 1. The highest BCUT2D eigenvalue weighted by atomic mass is 16.5. The number of nitrogens with zero attached hydrogens (tertiary/aromatic N) is 1. The second-order valence-electron chi connectivity index (χ2n) is 2.87. The third-order valence-electron chi connectivity index (χ3n) is 2.18. The SMILES string of the molecule is CCN(CC)c1cccc(OC)c1. The van der Waals surface area contributed by atoms with Gasteiger partial charge in [0.2, 0.25) is 0 Å². The van der Waals surface area contributed by atoms with Crippen molar-refractivity contribution in [3.63, 3.8) is 0 Å². The second kappa shape index (κ2) is 4.75. The van der Waals surface area contributed by atoms with Crippen molar-refractivity contribution in [2.45, 2.75) is 13.8 Å². The van der Waals surface area contributed by atoms with E-state index in [1.54, 1.807) is 7.11 Å². The summed E-state index contributed by atoms with van der Waals surface area (Å²) in [7, 11) is 1.70. The maximum absolute atomic E-state index is 5.17. The molecule has 0 fully saturated rings. The van der Waals surface area contributed by atoms with Crippen molar-refractivity contribution in [1.82, 2.24) is 0 Å². The van der Waals surface area contributed by atoms with E-state index in [-0.39, 0.29) is 0 Å². The smallest absolute Gasteiger partial charge is 0.120 e. The molecule has 72 valence electrons. The Morgan fingerprint density at radius 3 is 2.46 bits per heavy atom. The zero-order valence-corrected chi connectivity index (χ0v) is 8.58. The van der Waals surface area contributed by atoms with Gasteiger partial charge in [0.1, 0.15) is 5.75 Å². The summed E-state index contributed by atoms with van der Waals surface area (Å²) in [5.41, 5.74) is 1.23. The molecule has 0 heterocycles. The molecule has 1 aromatic carbocycles. The van der Waals surface area contributed by atoms with Crippen LogP contribution in [0.15, 0.2) is 24.3 Å². The molecule has 2 heteroatoms. The molecule has 2 nitrogen and oxygen atoms in total. The minimum absolute atomic E-state index is 0.921. The average molecular weight is 179 g/mol. The van der Waals surface area contributed by atoms with Gasteiger partial charge >= 0.3 is 0 Å². The summed E-state index contributed by atoms with van der Waals surface area (Å²) in [6.45, 7) is 6.37. The van der Waals surface area contributed by atoms with Crippen molar-refractivity contribution < 1.29 is 4.74 Å². The lowest BCUT2D eigenvalue weighted by atomic mass is 10.2. The van der Waals surface area contributed by atoms with Crippen LogP contribution in [0.5, 0.6) is 5.75 Å². The van der Waals surface area contributed by atoms with Crippen LogP contribution in [0, 0.1) is 0 Å². The van der Waals surface area contributed by atoms with Gasteiger partial charge in [-0.3, -0.25) is 0 Å². The zero-order valence-electron chi connectivity index (χ0n) is 8.58. The Balaban J connectivity index is 2.86. The third-order valence-corrected chi connectivity index (χ3v) is 2.18. The van der Waals surface area contributed by atoms with Crippen LogP contribution < -0.4 is 9.64 Å². The molecule has 0 bridgehead atoms. The fraction of sp³-hybridized carbons (Fsp3) is 0.455. The number of rotatable bonds is 4. The van der Waals surface area contributed by atoms with Crippen molar-refractivity contribution in [1.29, 1.82) is 0 Å². The molecule has 0 aromatic heterocycles. The first-order valence-corrected chi connectivity index (χ1v) is 4.70. The Labute approximate surface area is 80.1 Å². The van der Waals surface area contributed by atoms with Crippen LogP contribution in [0.4, 0.5) is 5.69 Å². The van der Waals surface area contributed by atoms with Gasteiger partial charge < -0.3 is 9.64 Å². The molecule has 0 radical (unpaired) electrons. The lowest BCUT2D eigenvalue weighted by Crippen LogP contribution is -2.21. The lowest BCUT2D eigenvalue weighted by molar-refractivity contribution is 0.415. The fourth-order valence-corrected chi connectivity index (χ4v) is 1.40. The summed E-state index contributed by atoms with van der Waals surface area (Å²) in [6, 6.07) is 8.15. The number of hydrogen-bond acceptors (Lipinski definition) is 2. The highest BCUT2D eigenvalue weighted by Gasteiger charge is 2.01. The van der Waals surface area contributed by atoms with Crippen LogP contribution in [0.1, 0.15) is 13.8 Å². The van der Waals surface area contributed by atoms with Crippen LogP contribution >= 0.6 is 0 Å². The van der Waals surface area contributed by atoms with Crippen LogP contribution in [0.2, 0.25) is 0 Å². The van der Waals surface area contributed by atoms with Gasteiger partial charge in [0, 0.05) is 24.8 Å². The third kappa shape index (κ3) is 2.38. The van der Waals surface area contributed by atoms with E-state index in [2.05, 4.69) is 30.9 Å². The zero-order chi connectivity index (χ0) is 9.68. The first-order chi connectivity index (χ1) is 6.31. The minimum atomic E-state index is 0.921. The quantitative estimate of drug-likeness (QED) is 0.704. The first-order valence-electron chi connectivity index (χ1n) is 4.70. The van der Waals surface area contributed by atoms with Crippen LogP contribution in [-0.2, 0) is 0 Å². The van der Waals surface area contributed by atoms with E-state index >= 15 is 0 Å². The molecular weight excluding hydrogens is 162 g/mol. The van der Waals surface area contributed by atoms with E-state index in [0.29, 0.717) is 0 Å². The van der Waals surface area contributed by atoms with E-state index < -0.39 is 0 Å². The van der Waals surface area contributed by atoms with Gasteiger partial charge in [0.25, 0.3) is 0 Å². The minimum Gasteiger partial charge on any atom is -0.497 e. The lowest BCUT2D eigenvalue weighted by Gasteiger charge is -2.21. The van der Waals surface area contributed by atoms with E-state index in [4.69, 9.17) is 4.74 Å². The molecule has 0 aliphatic carbocycles. The number of benzene rings is 1. The molecule has 0 aliphatic heterocycles. The Kier molecular flexibility index (Phi) is 3.62. The molecule has 1 rings (SSSR count). The Morgan fingerprint density at radius 1 is 1.23 bits per heavy atom. The van der Waals surface area contributed by atoms with Crippen molar-refractivity contribution in [3.05, 3.63) is 24.3 Å². The molecule has 0 amide bonds. The summed E-state index contributed by atoms with van der Waals surface area (Å²) in [5.74, 6) is 0.921. The second-order valence-corrected chi connectivity index (χ2v) is 2.87. The summed E-state index contributed by atoms with van der Waals surface area (Å²) < 4.78 is 5.17. The van der Waals surface area contributed by atoms with Gasteiger partial charge in [-0.15, -0.1) is 0 Å². The topological polar surface area (TPSA) is 12.5 Å². The van der Waals surface area contributed by atoms with Crippen LogP contribution in [0.25, 0.3) is 0 Å². The van der Waals surface area contributed by atoms with E-state index in [0.717, 1.165) is 18.8 Å². The molecule has 13 heavy (non-hydrogen) atoms. The molecule has 0 saturated carbocycles. The molecule has 0 spiro atoms. The van der Waals surface area contributed by atoms with Gasteiger partial charge in [0.05, 0.1) is 7.11 Å². The first kappa shape index (κ1) is 9.90. The molecule has 0 saturated heterocycles. The summed E-state index contributed by atoms with van der Waals surface area (Å²) in [6.07, 6.45) is 0. The number of hydrogen-bond donors (Lipinski definition) is 0. The van der Waals surface area contributed by atoms with E-state index in [1.807, 2.05) is 12.1 Å². The molecule has 0 atom stereocenters. The monoisotopic (exact) mass is 179 g/mol. The predicted molar refractivity (Wildman–Crippen MR) is 56.6 cm³/mol. The van der Waals surface area contributed by atoms with Gasteiger partial charge in [-0.25, -0.2) is 0 Å².